The number of carbonyl (C=O) groups excluding carboxylic acids is 1. The van der Waals surface area contributed by atoms with E-state index in [4.69, 9.17) is 10.5 Å². The van der Waals surface area contributed by atoms with Gasteiger partial charge in [0.05, 0.1) is 30.3 Å². The van der Waals surface area contributed by atoms with E-state index < -0.39 is 0 Å². The van der Waals surface area contributed by atoms with Crippen molar-refractivity contribution in [3.05, 3.63) is 29.6 Å². The standard InChI is InChI=1S/C13H15N3O2/c1-18-13(17)9-3-2-4-10-12(9)16(8-5-6-8)11(7-14)15-10/h2-4,8H,5-7,14H2,1H3. The van der Waals surface area contributed by atoms with Gasteiger partial charge in [0.15, 0.2) is 0 Å². The van der Waals surface area contributed by atoms with Crippen LogP contribution >= 0.6 is 0 Å². The second-order valence-electron chi connectivity index (χ2n) is 4.50. The summed E-state index contributed by atoms with van der Waals surface area (Å²) in [6.07, 6.45) is 2.24. The van der Waals surface area contributed by atoms with Crippen LogP contribution in [0.5, 0.6) is 0 Å². The van der Waals surface area contributed by atoms with Crippen molar-refractivity contribution in [1.29, 1.82) is 0 Å². The van der Waals surface area contributed by atoms with Crippen molar-refractivity contribution >= 4 is 17.0 Å². The number of ether oxygens (including phenoxy) is 1. The van der Waals surface area contributed by atoms with E-state index in [1.165, 1.54) is 7.11 Å². The van der Waals surface area contributed by atoms with Crippen LogP contribution in [0.1, 0.15) is 35.1 Å². The summed E-state index contributed by atoms with van der Waals surface area (Å²) in [7, 11) is 1.39. The van der Waals surface area contributed by atoms with Crippen LogP contribution in [0.3, 0.4) is 0 Å². The summed E-state index contributed by atoms with van der Waals surface area (Å²) in [6, 6.07) is 5.92. The zero-order chi connectivity index (χ0) is 12.7. The molecule has 1 heterocycles. The lowest BCUT2D eigenvalue weighted by atomic mass is 10.2. The van der Waals surface area contributed by atoms with Gasteiger partial charge in [-0.05, 0) is 25.0 Å². The number of esters is 1. The molecular weight excluding hydrogens is 230 g/mol. The third kappa shape index (κ3) is 1.59. The normalized spacial score (nSPS) is 15.0. The van der Waals surface area contributed by atoms with Crippen molar-refractivity contribution < 1.29 is 9.53 Å². The van der Waals surface area contributed by atoms with Gasteiger partial charge in [-0.15, -0.1) is 0 Å². The van der Waals surface area contributed by atoms with Gasteiger partial charge in [-0.25, -0.2) is 9.78 Å². The highest BCUT2D eigenvalue weighted by molar-refractivity contribution is 6.02. The van der Waals surface area contributed by atoms with Crippen molar-refractivity contribution in [2.45, 2.75) is 25.4 Å². The van der Waals surface area contributed by atoms with E-state index >= 15 is 0 Å². The smallest absolute Gasteiger partial charge is 0.340 e. The number of nitrogens with two attached hydrogens (primary N) is 1. The lowest BCUT2D eigenvalue weighted by molar-refractivity contribution is 0.0602. The molecule has 0 aliphatic heterocycles. The third-order valence-electron chi connectivity index (χ3n) is 3.28. The topological polar surface area (TPSA) is 70.1 Å². The van der Waals surface area contributed by atoms with Crippen molar-refractivity contribution in [2.24, 2.45) is 5.73 Å². The average molecular weight is 245 g/mol. The van der Waals surface area contributed by atoms with Gasteiger partial charge in [-0.1, -0.05) is 6.07 Å². The van der Waals surface area contributed by atoms with Crippen LogP contribution in [-0.2, 0) is 11.3 Å². The maximum atomic E-state index is 11.8. The fourth-order valence-electron chi connectivity index (χ4n) is 2.34. The Morgan fingerprint density at radius 3 is 2.94 bits per heavy atom. The largest absolute Gasteiger partial charge is 0.465 e. The number of imidazole rings is 1. The molecule has 5 heteroatoms. The Kier molecular flexibility index (Phi) is 2.56. The first kappa shape index (κ1) is 11.2. The molecule has 1 fully saturated rings. The lowest BCUT2D eigenvalue weighted by Gasteiger charge is -2.08. The van der Waals surface area contributed by atoms with E-state index in [9.17, 15) is 4.79 Å². The predicted molar refractivity (Wildman–Crippen MR) is 67.2 cm³/mol. The number of methoxy groups -OCH3 is 1. The van der Waals surface area contributed by atoms with E-state index in [2.05, 4.69) is 9.55 Å². The molecule has 1 aromatic heterocycles. The summed E-state index contributed by atoms with van der Waals surface area (Å²) in [5.74, 6) is 0.509. The van der Waals surface area contributed by atoms with Crippen LogP contribution in [0, 0.1) is 0 Å². The molecule has 1 saturated carbocycles. The summed E-state index contributed by atoms with van der Waals surface area (Å²) in [4.78, 5) is 16.3. The summed E-state index contributed by atoms with van der Waals surface area (Å²) in [6.45, 7) is 0.381. The van der Waals surface area contributed by atoms with E-state index in [0.29, 0.717) is 18.2 Å². The fraction of sp³-hybridized carbons (Fsp3) is 0.385. The molecule has 0 saturated heterocycles. The van der Waals surface area contributed by atoms with E-state index in [1.807, 2.05) is 12.1 Å². The molecule has 0 amide bonds. The Balaban J connectivity index is 2.30. The molecule has 2 aromatic rings. The number of benzene rings is 1. The Morgan fingerprint density at radius 2 is 2.33 bits per heavy atom. The minimum atomic E-state index is -0.328. The van der Waals surface area contributed by atoms with Gasteiger partial charge in [0.2, 0.25) is 0 Å². The van der Waals surface area contributed by atoms with Gasteiger partial charge in [0.25, 0.3) is 0 Å². The van der Waals surface area contributed by atoms with Crippen molar-refractivity contribution in [2.75, 3.05) is 7.11 Å². The van der Waals surface area contributed by atoms with E-state index in [0.717, 1.165) is 29.7 Å². The average Bonchev–Trinajstić information content (AvgIpc) is 3.17. The van der Waals surface area contributed by atoms with Gasteiger partial charge >= 0.3 is 5.97 Å². The third-order valence-corrected chi connectivity index (χ3v) is 3.28. The minimum Gasteiger partial charge on any atom is -0.465 e. The molecule has 1 aliphatic carbocycles. The zero-order valence-corrected chi connectivity index (χ0v) is 10.2. The molecule has 0 unspecified atom stereocenters. The van der Waals surface area contributed by atoms with Crippen LogP contribution in [0.2, 0.25) is 0 Å². The molecule has 0 radical (unpaired) electrons. The number of carbonyl (C=O) groups is 1. The van der Waals surface area contributed by atoms with Crippen LogP contribution in [0.4, 0.5) is 0 Å². The van der Waals surface area contributed by atoms with E-state index in [1.54, 1.807) is 6.07 Å². The molecular formula is C13H15N3O2. The Labute approximate surface area is 105 Å². The van der Waals surface area contributed by atoms with Crippen LogP contribution in [-0.4, -0.2) is 22.6 Å². The molecule has 1 aliphatic rings. The van der Waals surface area contributed by atoms with Gasteiger partial charge < -0.3 is 15.0 Å². The Hall–Kier alpha value is -1.88. The molecule has 94 valence electrons. The number of rotatable bonds is 3. The van der Waals surface area contributed by atoms with Crippen molar-refractivity contribution in [3.63, 3.8) is 0 Å². The van der Waals surface area contributed by atoms with Gasteiger partial charge in [-0.2, -0.15) is 0 Å². The van der Waals surface area contributed by atoms with Crippen LogP contribution in [0.25, 0.3) is 11.0 Å². The quantitative estimate of drug-likeness (QED) is 0.834. The molecule has 0 spiro atoms. The fourth-order valence-corrected chi connectivity index (χ4v) is 2.34. The maximum Gasteiger partial charge on any atom is 0.340 e. The number of para-hydroxylation sites is 1. The molecule has 0 atom stereocenters. The molecule has 0 bridgehead atoms. The summed E-state index contributed by atoms with van der Waals surface area (Å²) < 4.78 is 6.93. The number of hydrogen-bond acceptors (Lipinski definition) is 4. The monoisotopic (exact) mass is 245 g/mol. The first-order valence-corrected chi connectivity index (χ1v) is 6.04. The minimum absolute atomic E-state index is 0.328. The predicted octanol–water partition coefficient (Wildman–Crippen LogP) is 1.62. The number of aromatic nitrogens is 2. The summed E-state index contributed by atoms with van der Waals surface area (Å²) >= 11 is 0. The highest BCUT2D eigenvalue weighted by Gasteiger charge is 2.29. The van der Waals surface area contributed by atoms with Gasteiger partial charge in [0.1, 0.15) is 5.82 Å². The van der Waals surface area contributed by atoms with Crippen molar-refractivity contribution in [3.8, 4) is 0 Å². The maximum absolute atomic E-state index is 11.8. The number of nitrogens with zero attached hydrogens (tertiary/aromatic N) is 2. The Bertz CT molecular complexity index is 614. The number of fused-ring (bicyclic) bond motifs is 1. The van der Waals surface area contributed by atoms with Crippen LogP contribution < -0.4 is 5.73 Å². The molecule has 2 N–H and O–H groups in total. The molecule has 3 rings (SSSR count). The first-order valence-electron chi connectivity index (χ1n) is 6.04. The number of hydrogen-bond donors (Lipinski definition) is 1. The Morgan fingerprint density at radius 1 is 1.56 bits per heavy atom. The first-order chi connectivity index (χ1) is 8.76. The SMILES string of the molecule is COC(=O)c1cccc2nc(CN)n(C3CC3)c12. The molecule has 1 aromatic carbocycles. The van der Waals surface area contributed by atoms with E-state index in [-0.39, 0.29) is 5.97 Å². The zero-order valence-electron chi connectivity index (χ0n) is 10.2. The summed E-state index contributed by atoms with van der Waals surface area (Å²) in [5.41, 5.74) is 7.97. The van der Waals surface area contributed by atoms with Crippen molar-refractivity contribution in [1.82, 2.24) is 9.55 Å². The second-order valence-corrected chi connectivity index (χ2v) is 4.50. The highest BCUT2D eigenvalue weighted by Crippen LogP contribution is 2.39. The lowest BCUT2D eigenvalue weighted by Crippen LogP contribution is -2.09. The highest BCUT2D eigenvalue weighted by atomic mass is 16.5. The summed E-state index contributed by atoms with van der Waals surface area (Å²) in [5, 5.41) is 0. The van der Waals surface area contributed by atoms with Gasteiger partial charge in [0, 0.05) is 6.04 Å². The molecule has 5 nitrogen and oxygen atoms in total. The second kappa shape index (κ2) is 4.10. The van der Waals surface area contributed by atoms with Gasteiger partial charge in [-0.3, -0.25) is 0 Å². The van der Waals surface area contributed by atoms with Crippen LogP contribution in [0.15, 0.2) is 18.2 Å². The molecule has 18 heavy (non-hydrogen) atoms.